The summed E-state index contributed by atoms with van der Waals surface area (Å²) in [7, 11) is 0. The summed E-state index contributed by atoms with van der Waals surface area (Å²) in [6, 6.07) is 14.2. The minimum absolute atomic E-state index is 0.698. The van der Waals surface area contributed by atoms with Crippen LogP contribution in [0.2, 0.25) is 0 Å². The van der Waals surface area contributed by atoms with Crippen LogP contribution in [0.25, 0.3) is 22.6 Å². The van der Waals surface area contributed by atoms with E-state index in [9.17, 15) is 0 Å². The molecule has 0 aliphatic carbocycles. The predicted molar refractivity (Wildman–Crippen MR) is 91.6 cm³/mol. The molecule has 0 bridgehead atoms. The Bertz CT molecular complexity index is 683. The molecule has 2 aromatic carbocycles. The van der Waals surface area contributed by atoms with Gasteiger partial charge in [0.2, 0.25) is 5.89 Å². The summed E-state index contributed by atoms with van der Waals surface area (Å²) in [5.41, 5.74) is 5.19. The van der Waals surface area contributed by atoms with Gasteiger partial charge in [-0.25, -0.2) is 4.98 Å². The first-order valence-corrected chi connectivity index (χ1v) is 7.67. The molecule has 0 N–H and O–H groups in total. The summed E-state index contributed by atoms with van der Waals surface area (Å²) < 4.78 is 5.78. The van der Waals surface area contributed by atoms with Crippen molar-refractivity contribution in [1.29, 1.82) is 0 Å². The van der Waals surface area contributed by atoms with Crippen molar-refractivity contribution >= 4 is 11.1 Å². The summed E-state index contributed by atoms with van der Waals surface area (Å²) in [6.45, 7) is 12.1. The first-order chi connectivity index (χ1) is 10.2. The number of fused-ring (bicyclic) bond motifs is 1. The molecule has 1 heterocycles. The van der Waals surface area contributed by atoms with E-state index in [4.69, 9.17) is 4.42 Å². The topological polar surface area (TPSA) is 26.0 Å². The third-order valence-electron chi connectivity index (χ3n) is 2.92. The zero-order valence-corrected chi connectivity index (χ0v) is 13.9. The molecule has 3 rings (SSSR count). The molecule has 0 saturated heterocycles. The lowest BCUT2D eigenvalue weighted by Gasteiger charge is -1.98. The smallest absolute Gasteiger partial charge is 0.227 e. The maximum Gasteiger partial charge on any atom is 0.227 e. The van der Waals surface area contributed by atoms with E-state index < -0.39 is 0 Å². The first-order valence-electron chi connectivity index (χ1n) is 7.67. The molecule has 0 fully saturated rings. The molecule has 0 unspecified atom stereocenters. The van der Waals surface area contributed by atoms with Crippen LogP contribution in [0.1, 0.15) is 38.8 Å². The van der Waals surface area contributed by atoms with Gasteiger partial charge in [0.05, 0.1) is 0 Å². The molecule has 0 spiro atoms. The third kappa shape index (κ3) is 3.94. The molecule has 2 nitrogen and oxygen atoms in total. The van der Waals surface area contributed by atoms with Crippen LogP contribution in [-0.2, 0) is 0 Å². The maximum absolute atomic E-state index is 5.78. The Kier molecular flexibility index (Phi) is 6.67. The zero-order chi connectivity index (χ0) is 15.8. The lowest BCUT2D eigenvalue weighted by molar-refractivity contribution is 0.619. The van der Waals surface area contributed by atoms with E-state index in [-0.39, 0.29) is 0 Å². The van der Waals surface area contributed by atoms with Crippen molar-refractivity contribution in [2.24, 2.45) is 0 Å². The minimum Gasteiger partial charge on any atom is -0.436 e. The Morgan fingerprint density at radius 3 is 2.19 bits per heavy atom. The third-order valence-corrected chi connectivity index (χ3v) is 2.92. The second-order valence-corrected chi connectivity index (χ2v) is 4.31. The van der Waals surface area contributed by atoms with Crippen LogP contribution in [0.15, 0.2) is 46.9 Å². The van der Waals surface area contributed by atoms with Crippen molar-refractivity contribution in [2.45, 2.75) is 41.5 Å². The molecule has 0 amide bonds. The molecule has 0 aliphatic heterocycles. The normalized spacial score (nSPS) is 9.43. The highest BCUT2D eigenvalue weighted by Gasteiger charge is 2.09. The number of oxazole rings is 1. The molecule has 112 valence electrons. The summed E-state index contributed by atoms with van der Waals surface area (Å²) in [6.07, 6.45) is 0. The Morgan fingerprint density at radius 1 is 0.857 bits per heavy atom. The summed E-state index contributed by atoms with van der Waals surface area (Å²) in [4.78, 5) is 4.54. The molecular weight excluding hydrogens is 258 g/mol. The highest BCUT2D eigenvalue weighted by molar-refractivity contribution is 5.77. The maximum atomic E-state index is 5.78. The summed E-state index contributed by atoms with van der Waals surface area (Å²) in [5.74, 6) is 0.698. The standard InChI is InChI=1S/C15H13NO.2C2H6/c1-10-7-8-14-13(9-10)16-15(17-14)12-6-4-3-5-11(12)2;2*1-2/h3-9H,1-2H3;2*1-2H3. The van der Waals surface area contributed by atoms with Gasteiger partial charge in [0.15, 0.2) is 5.58 Å². The molecule has 3 aromatic rings. The molecule has 0 aliphatic rings. The van der Waals surface area contributed by atoms with Crippen molar-refractivity contribution in [1.82, 2.24) is 4.98 Å². The minimum atomic E-state index is 0.698. The number of benzene rings is 2. The Hall–Kier alpha value is -2.09. The molecule has 0 saturated carbocycles. The number of rotatable bonds is 1. The van der Waals surface area contributed by atoms with Crippen molar-refractivity contribution in [3.8, 4) is 11.5 Å². The van der Waals surface area contributed by atoms with Crippen LogP contribution < -0.4 is 0 Å². The lowest BCUT2D eigenvalue weighted by Crippen LogP contribution is -1.81. The lowest BCUT2D eigenvalue weighted by atomic mass is 10.1. The molecule has 0 radical (unpaired) electrons. The number of hydrogen-bond donors (Lipinski definition) is 0. The molecule has 0 atom stereocenters. The zero-order valence-electron chi connectivity index (χ0n) is 13.9. The van der Waals surface area contributed by atoms with Crippen LogP contribution in [0.4, 0.5) is 0 Å². The summed E-state index contributed by atoms with van der Waals surface area (Å²) in [5, 5.41) is 0. The van der Waals surface area contributed by atoms with Crippen molar-refractivity contribution in [3.05, 3.63) is 53.6 Å². The van der Waals surface area contributed by atoms with E-state index >= 15 is 0 Å². The van der Waals surface area contributed by atoms with Crippen molar-refractivity contribution < 1.29 is 4.42 Å². The van der Waals surface area contributed by atoms with Gasteiger partial charge in [0.25, 0.3) is 0 Å². The number of aromatic nitrogens is 1. The van der Waals surface area contributed by atoms with Crippen LogP contribution in [0, 0.1) is 13.8 Å². The highest BCUT2D eigenvalue weighted by Crippen LogP contribution is 2.26. The van der Waals surface area contributed by atoms with Crippen molar-refractivity contribution in [3.63, 3.8) is 0 Å². The monoisotopic (exact) mass is 283 g/mol. The highest BCUT2D eigenvalue weighted by atomic mass is 16.3. The van der Waals surface area contributed by atoms with E-state index in [1.807, 2.05) is 64.1 Å². The van der Waals surface area contributed by atoms with Crippen LogP contribution in [0.3, 0.4) is 0 Å². The fraction of sp³-hybridized carbons (Fsp3) is 0.316. The average Bonchev–Trinajstić information content (AvgIpc) is 2.94. The predicted octanol–water partition coefficient (Wildman–Crippen LogP) is 6.16. The van der Waals surface area contributed by atoms with Gasteiger partial charge in [0.1, 0.15) is 5.52 Å². The van der Waals surface area contributed by atoms with Crippen LogP contribution in [-0.4, -0.2) is 4.98 Å². The Balaban J connectivity index is 0.000000510. The van der Waals surface area contributed by atoms with E-state index in [0.29, 0.717) is 5.89 Å². The Labute approximate surface area is 127 Å². The Morgan fingerprint density at radius 2 is 1.52 bits per heavy atom. The largest absolute Gasteiger partial charge is 0.436 e. The van der Waals surface area contributed by atoms with Gasteiger partial charge in [-0.05, 0) is 43.2 Å². The molecular formula is C19H25NO. The van der Waals surface area contributed by atoms with Gasteiger partial charge in [-0.15, -0.1) is 0 Å². The van der Waals surface area contributed by atoms with E-state index in [1.165, 1.54) is 11.1 Å². The average molecular weight is 283 g/mol. The van der Waals surface area contributed by atoms with Gasteiger partial charge in [0, 0.05) is 5.56 Å². The van der Waals surface area contributed by atoms with Crippen LogP contribution >= 0.6 is 0 Å². The quantitative estimate of drug-likeness (QED) is 0.534. The van der Waals surface area contributed by atoms with E-state index in [1.54, 1.807) is 0 Å². The van der Waals surface area contributed by atoms with Gasteiger partial charge < -0.3 is 4.42 Å². The summed E-state index contributed by atoms with van der Waals surface area (Å²) >= 11 is 0. The van der Waals surface area contributed by atoms with Gasteiger partial charge >= 0.3 is 0 Å². The van der Waals surface area contributed by atoms with Gasteiger partial charge in [-0.1, -0.05) is 52.0 Å². The van der Waals surface area contributed by atoms with Gasteiger partial charge in [-0.3, -0.25) is 0 Å². The van der Waals surface area contributed by atoms with Crippen molar-refractivity contribution in [2.75, 3.05) is 0 Å². The number of hydrogen-bond acceptors (Lipinski definition) is 2. The molecule has 1 aromatic heterocycles. The SMILES string of the molecule is CC.CC.Cc1ccc2oc(-c3ccccc3C)nc2c1. The fourth-order valence-corrected chi connectivity index (χ4v) is 1.97. The molecule has 21 heavy (non-hydrogen) atoms. The second-order valence-electron chi connectivity index (χ2n) is 4.31. The van der Waals surface area contributed by atoms with Gasteiger partial charge in [-0.2, -0.15) is 0 Å². The second kappa shape index (κ2) is 8.25. The number of aryl methyl sites for hydroxylation is 2. The number of nitrogens with zero attached hydrogens (tertiary/aromatic N) is 1. The van der Waals surface area contributed by atoms with E-state index in [0.717, 1.165) is 16.7 Å². The molecule has 2 heteroatoms. The first kappa shape index (κ1) is 17.0. The fourth-order valence-electron chi connectivity index (χ4n) is 1.97. The van der Waals surface area contributed by atoms with Crippen LogP contribution in [0.5, 0.6) is 0 Å². The van der Waals surface area contributed by atoms with E-state index in [2.05, 4.69) is 24.9 Å².